The zero-order chi connectivity index (χ0) is 9.73. The highest BCUT2D eigenvalue weighted by Gasteiger charge is 2.17. The second kappa shape index (κ2) is 5.32. The van der Waals surface area contributed by atoms with Crippen molar-refractivity contribution in [3.05, 3.63) is 0 Å². The maximum Gasteiger partial charge on any atom is 0.221 e. The van der Waals surface area contributed by atoms with Crippen molar-refractivity contribution in [2.45, 2.75) is 44.6 Å². The van der Waals surface area contributed by atoms with E-state index in [1.807, 2.05) is 0 Å². The quantitative estimate of drug-likeness (QED) is 0.629. The largest absolute Gasteiger partial charge is 0.221 e. The lowest BCUT2D eigenvalue weighted by Gasteiger charge is -2.14. The predicted molar refractivity (Wildman–Crippen MR) is 57.3 cm³/mol. The number of alkyl halides is 1. The molecule has 1 saturated carbocycles. The van der Waals surface area contributed by atoms with Crippen LogP contribution in [-0.4, -0.2) is 19.1 Å². The van der Waals surface area contributed by atoms with Gasteiger partial charge in [0.25, 0.3) is 0 Å². The van der Waals surface area contributed by atoms with Crippen LogP contribution in [0.1, 0.15) is 38.5 Å². The van der Waals surface area contributed by atoms with E-state index in [9.17, 15) is 8.42 Å². The van der Waals surface area contributed by atoms with E-state index in [1.165, 1.54) is 12.8 Å². The summed E-state index contributed by atoms with van der Waals surface area (Å²) in [4.78, 5) is 0. The van der Waals surface area contributed by atoms with Gasteiger partial charge in [0.15, 0.2) is 0 Å². The van der Waals surface area contributed by atoms with Crippen molar-refractivity contribution in [3.8, 4) is 0 Å². The van der Waals surface area contributed by atoms with Gasteiger partial charge in [0.1, 0.15) is 4.66 Å². The smallest absolute Gasteiger partial charge is 0.212 e. The van der Waals surface area contributed by atoms with Crippen LogP contribution in [0.25, 0.3) is 0 Å². The van der Waals surface area contributed by atoms with E-state index >= 15 is 0 Å². The fourth-order valence-corrected chi connectivity index (χ4v) is 2.89. The van der Waals surface area contributed by atoms with Gasteiger partial charge in [0.2, 0.25) is 10.0 Å². The summed E-state index contributed by atoms with van der Waals surface area (Å²) in [7, 11) is -3.07. The lowest BCUT2D eigenvalue weighted by Crippen LogP contribution is -2.34. The molecule has 1 aliphatic rings. The van der Waals surface area contributed by atoms with Gasteiger partial charge in [0.05, 0.1) is 0 Å². The minimum Gasteiger partial charge on any atom is -0.212 e. The zero-order valence-corrected chi connectivity index (χ0v) is 10.0. The highest BCUT2D eigenvalue weighted by molar-refractivity contribution is 9.10. The number of nitrogens with one attached hydrogen (secondary N) is 1. The highest BCUT2D eigenvalue weighted by Crippen LogP contribution is 2.17. The van der Waals surface area contributed by atoms with Crippen molar-refractivity contribution in [1.82, 2.24) is 4.72 Å². The molecule has 3 nitrogen and oxygen atoms in total. The van der Waals surface area contributed by atoms with Crippen molar-refractivity contribution >= 4 is 26.0 Å². The molecule has 13 heavy (non-hydrogen) atoms. The Morgan fingerprint density at radius 3 is 2.15 bits per heavy atom. The molecule has 1 aliphatic carbocycles. The highest BCUT2D eigenvalue weighted by atomic mass is 79.9. The van der Waals surface area contributed by atoms with Crippen LogP contribution in [0.4, 0.5) is 0 Å². The van der Waals surface area contributed by atoms with Crippen molar-refractivity contribution in [3.63, 3.8) is 0 Å². The maximum atomic E-state index is 11.2. The molecule has 0 heterocycles. The van der Waals surface area contributed by atoms with Crippen LogP contribution >= 0.6 is 15.9 Å². The Hall–Kier alpha value is 0.390. The summed E-state index contributed by atoms with van der Waals surface area (Å²) >= 11 is 2.97. The van der Waals surface area contributed by atoms with Crippen molar-refractivity contribution in [2.24, 2.45) is 0 Å². The van der Waals surface area contributed by atoms with E-state index in [0.29, 0.717) is 0 Å². The number of rotatable bonds is 3. The van der Waals surface area contributed by atoms with Crippen LogP contribution in [0.15, 0.2) is 0 Å². The molecule has 0 aromatic heterocycles. The summed E-state index contributed by atoms with van der Waals surface area (Å²) in [6.07, 6.45) is 6.77. The van der Waals surface area contributed by atoms with Gasteiger partial charge in [-0.25, -0.2) is 13.1 Å². The molecular formula is C8H16BrNO2S. The lowest BCUT2D eigenvalue weighted by molar-refractivity contribution is 0.513. The van der Waals surface area contributed by atoms with Crippen LogP contribution in [0, 0.1) is 0 Å². The van der Waals surface area contributed by atoms with E-state index < -0.39 is 10.0 Å². The molecule has 0 spiro atoms. The Labute approximate surface area is 88.5 Å². The summed E-state index contributed by atoms with van der Waals surface area (Å²) in [5, 5.41) is 0. The molecule has 0 aliphatic heterocycles. The first-order chi connectivity index (χ1) is 6.14. The average molecular weight is 270 g/mol. The third-order valence-corrected chi connectivity index (χ3v) is 5.13. The minimum atomic E-state index is -3.07. The number of halogens is 1. The molecule has 0 atom stereocenters. The van der Waals surface area contributed by atoms with Crippen LogP contribution < -0.4 is 4.72 Å². The van der Waals surface area contributed by atoms with Crippen LogP contribution in [0.2, 0.25) is 0 Å². The molecule has 1 N–H and O–H groups in total. The van der Waals surface area contributed by atoms with Gasteiger partial charge in [-0.2, -0.15) is 0 Å². The SMILES string of the molecule is O=S(=O)(CBr)NC1CCCCCC1. The lowest BCUT2D eigenvalue weighted by atomic mass is 10.1. The molecule has 78 valence electrons. The molecule has 0 unspecified atom stereocenters. The number of hydrogen-bond acceptors (Lipinski definition) is 2. The van der Waals surface area contributed by atoms with Gasteiger partial charge in [0, 0.05) is 6.04 Å². The first kappa shape index (κ1) is 11.5. The summed E-state index contributed by atoms with van der Waals surface area (Å²) < 4.78 is 25.2. The van der Waals surface area contributed by atoms with Crippen molar-refractivity contribution in [1.29, 1.82) is 0 Å². The van der Waals surface area contributed by atoms with Crippen molar-refractivity contribution in [2.75, 3.05) is 4.66 Å². The molecular weight excluding hydrogens is 254 g/mol. The Balaban J connectivity index is 2.42. The predicted octanol–water partition coefficient (Wildman–Crippen LogP) is 1.98. The second-order valence-corrected chi connectivity index (χ2v) is 6.59. The Morgan fingerprint density at radius 2 is 1.69 bits per heavy atom. The van der Waals surface area contributed by atoms with Gasteiger partial charge >= 0.3 is 0 Å². The second-order valence-electron chi connectivity index (χ2n) is 3.53. The van der Waals surface area contributed by atoms with Crippen LogP contribution in [0.3, 0.4) is 0 Å². The Morgan fingerprint density at radius 1 is 1.15 bits per heavy atom. The minimum absolute atomic E-state index is 0.0104. The molecule has 0 aromatic rings. The summed E-state index contributed by atoms with van der Waals surface area (Å²) in [6, 6.07) is 0.171. The van der Waals surface area contributed by atoms with Gasteiger partial charge in [-0.05, 0) is 12.8 Å². The molecule has 0 aromatic carbocycles. The van der Waals surface area contributed by atoms with Gasteiger partial charge in [-0.15, -0.1) is 0 Å². The molecule has 0 bridgehead atoms. The Kier molecular flexibility index (Phi) is 4.69. The number of sulfonamides is 1. The fourth-order valence-electron chi connectivity index (χ4n) is 1.68. The van der Waals surface area contributed by atoms with Gasteiger partial charge < -0.3 is 0 Å². The summed E-state index contributed by atoms with van der Waals surface area (Å²) in [5.74, 6) is 0. The van der Waals surface area contributed by atoms with E-state index in [2.05, 4.69) is 20.7 Å². The molecule has 0 saturated heterocycles. The van der Waals surface area contributed by atoms with Crippen LogP contribution in [-0.2, 0) is 10.0 Å². The third kappa shape index (κ3) is 4.42. The van der Waals surface area contributed by atoms with Crippen LogP contribution in [0.5, 0.6) is 0 Å². The fraction of sp³-hybridized carbons (Fsp3) is 1.00. The monoisotopic (exact) mass is 269 g/mol. The van der Waals surface area contributed by atoms with Gasteiger partial charge in [-0.3, -0.25) is 0 Å². The molecule has 0 radical (unpaired) electrons. The maximum absolute atomic E-state index is 11.2. The molecule has 0 amide bonds. The first-order valence-corrected chi connectivity index (χ1v) is 7.47. The van der Waals surface area contributed by atoms with E-state index in [0.717, 1.165) is 25.7 Å². The third-order valence-electron chi connectivity index (χ3n) is 2.35. The first-order valence-electron chi connectivity index (χ1n) is 4.70. The molecule has 5 heteroatoms. The van der Waals surface area contributed by atoms with E-state index in [-0.39, 0.29) is 10.7 Å². The topological polar surface area (TPSA) is 46.2 Å². The van der Waals surface area contributed by atoms with E-state index in [4.69, 9.17) is 0 Å². The van der Waals surface area contributed by atoms with Crippen molar-refractivity contribution < 1.29 is 8.42 Å². The molecule has 1 rings (SSSR count). The normalized spacial score (nSPS) is 21.3. The number of hydrogen-bond donors (Lipinski definition) is 1. The Bertz CT molecular complexity index is 233. The average Bonchev–Trinajstić information content (AvgIpc) is 2.32. The van der Waals surface area contributed by atoms with Gasteiger partial charge in [-0.1, -0.05) is 41.6 Å². The van der Waals surface area contributed by atoms with E-state index in [1.54, 1.807) is 0 Å². The standard InChI is InChI=1S/C8H16BrNO2S/c9-7-13(11,12)10-8-5-3-1-2-4-6-8/h8,10H,1-7H2. The zero-order valence-electron chi connectivity index (χ0n) is 7.63. The molecule has 1 fully saturated rings. The summed E-state index contributed by atoms with van der Waals surface area (Å²) in [6.45, 7) is 0. The summed E-state index contributed by atoms with van der Waals surface area (Å²) in [5.41, 5.74) is 0.